The zero-order valence-electron chi connectivity index (χ0n) is 17.4. The van der Waals surface area contributed by atoms with Gasteiger partial charge < -0.3 is 14.7 Å². The van der Waals surface area contributed by atoms with E-state index in [0.29, 0.717) is 49.6 Å². The van der Waals surface area contributed by atoms with Crippen molar-refractivity contribution in [3.8, 4) is 17.1 Å². The molecule has 2 aromatic heterocycles. The van der Waals surface area contributed by atoms with E-state index < -0.39 is 5.60 Å². The van der Waals surface area contributed by atoms with Gasteiger partial charge >= 0.3 is 0 Å². The van der Waals surface area contributed by atoms with Crippen LogP contribution in [0.3, 0.4) is 0 Å². The molecule has 0 saturated carbocycles. The second kappa shape index (κ2) is 7.74. The van der Waals surface area contributed by atoms with Crippen molar-refractivity contribution in [2.45, 2.75) is 31.8 Å². The number of likely N-dealkylation sites (tertiary alicyclic amines) is 1. The molecule has 0 unspecified atom stereocenters. The van der Waals surface area contributed by atoms with E-state index in [0.717, 1.165) is 23.2 Å². The first-order valence-electron chi connectivity index (χ1n) is 10.6. The van der Waals surface area contributed by atoms with Crippen LogP contribution in [0.4, 0.5) is 0 Å². The van der Waals surface area contributed by atoms with Gasteiger partial charge in [-0.3, -0.25) is 9.78 Å². The lowest BCUT2D eigenvalue weighted by Crippen LogP contribution is -2.49. The number of hydrogen-bond acceptors (Lipinski definition) is 6. The topological polar surface area (TPSA) is 88.4 Å². The Hall–Kier alpha value is -3.32. The fraction of sp³-hybridized carbons (Fsp3) is 0.333. The normalized spacial score (nSPS) is 17.4. The van der Waals surface area contributed by atoms with E-state index in [1.54, 1.807) is 17.9 Å². The monoisotopic (exact) mass is 416 g/mol. The lowest BCUT2D eigenvalue weighted by molar-refractivity contribution is -0.0967. The van der Waals surface area contributed by atoms with Gasteiger partial charge in [0.2, 0.25) is 0 Å². The second-order valence-electron chi connectivity index (χ2n) is 8.16. The van der Waals surface area contributed by atoms with Crippen molar-refractivity contribution in [2.24, 2.45) is 0 Å². The molecule has 31 heavy (non-hydrogen) atoms. The Balaban J connectivity index is 1.41. The van der Waals surface area contributed by atoms with Crippen molar-refractivity contribution < 1.29 is 14.6 Å². The average Bonchev–Trinajstić information content (AvgIpc) is 2.81. The Morgan fingerprint density at radius 2 is 1.90 bits per heavy atom. The molecule has 7 heteroatoms. The van der Waals surface area contributed by atoms with Gasteiger partial charge in [0.1, 0.15) is 11.4 Å². The molecule has 2 aliphatic rings. The number of hydrogen-bond donors (Lipinski definition) is 1. The summed E-state index contributed by atoms with van der Waals surface area (Å²) >= 11 is 0. The van der Waals surface area contributed by atoms with Crippen LogP contribution in [-0.2, 0) is 16.8 Å². The predicted octanol–water partition coefficient (Wildman–Crippen LogP) is 3.26. The Bertz CT molecular complexity index is 1120. The summed E-state index contributed by atoms with van der Waals surface area (Å²) in [6.07, 6.45) is 5.35. The molecule has 1 aromatic carbocycles. The summed E-state index contributed by atoms with van der Waals surface area (Å²) in [5.41, 5.74) is 3.52. The molecule has 3 aromatic rings. The summed E-state index contributed by atoms with van der Waals surface area (Å²) in [5, 5.41) is 10.1. The van der Waals surface area contributed by atoms with Crippen LogP contribution in [0.25, 0.3) is 11.4 Å². The van der Waals surface area contributed by atoms with Crippen molar-refractivity contribution in [3.63, 3.8) is 0 Å². The molecule has 158 valence electrons. The zero-order chi connectivity index (χ0) is 21.4. The predicted molar refractivity (Wildman–Crippen MR) is 115 cm³/mol. The zero-order valence-corrected chi connectivity index (χ0v) is 17.4. The number of rotatable bonds is 2. The van der Waals surface area contributed by atoms with Gasteiger partial charge in [0.25, 0.3) is 5.91 Å². The van der Waals surface area contributed by atoms with Gasteiger partial charge in [-0.05, 0) is 37.8 Å². The minimum absolute atomic E-state index is 0.0876. The number of aromatic nitrogens is 3. The number of carbonyl (C=O) groups is 1. The molecule has 0 atom stereocenters. The highest BCUT2D eigenvalue weighted by Crippen LogP contribution is 2.41. The summed E-state index contributed by atoms with van der Waals surface area (Å²) in [6.45, 7) is 3.49. The number of aryl methyl sites for hydroxylation is 1. The third-order valence-corrected chi connectivity index (χ3v) is 6.19. The maximum atomic E-state index is 13.0. The summed E-state index contributed by atoms with van der Waals surface area (Å²) in [4.78, 5) is 28.3. The third kappa shape index (κ3) is 3.55. The van der Waals surface area contributed by atoms with Gasteiger partial charge in [-0.1, -0.05) is 30.3 Å². The quantitative estimate of drug-likeness (QED) is 0.690. The van der Waals surface area contributed by atoms with E-state index in [4.69, 9.17) is 9.72 Å². The summed E-state index contributed by atoms with van der Waals surface area (Å²) in [5.74, 6) is 0.428. The Labute approximate surface area is 180 Å². The fourth-order valence-electron chi connectivity index (χ4n) is 4.48. The maximum absolute atomic E-state index is 13.0. The summed E-state index contributed by atoms with van der Waals surface area (Å²) < 4.78 is 6.31. The van der Waals surface area contributed by atoms with Gasteiger partial charge in [0, 0.05) is 30.5 Å². The molecular formula is C24H24N4O3. The Morgan fingerprint density at radius 3 is 2.68 bits per heavy atom. The number of benzene rings is 1. The minimum Gasteiger partial charge on any atom is -0.505 e. The largest absolute Gasteiger partial charge is 0.505 e. The number of ether oxygens (including phenoxy) is 1. The molecule has 4 heterocycles. The highest BCUT2D eigenvalue weighted by atomic mass is 16.5. The fourth-order valence-corrected chi connectivity index (χ4v) is 4.48. The van der Waals surface area contributed by atoms with E-state index in [-0.39, 0.29) is 11.7 Å². The summed E-state index contributed by atoms with van der Waals surface area (Å²) in [7, 11) is 0. The lowest BCUT2D eigenvalue weighted by Gasteiger charge is -2.44. The molecular weight excluding hydrogens is 392 g/mol. The number of aromatic hydroxyl groups is 1. The molecule has 5 rings (SSSR count). The number of pyridine rings is 1. The highest BCUT2D eigenvalue weighted by Gasteiger charge is 2.43. The SMILES string of the molecule is Cc1cc(C(=O)N2CCC3(CC2)OCCc2cnc(-c4ccccc4)nc23)c(O)cn1. The van der Waals surface area contributed by atoms with Crippen molar-refractivity contribution >= 4 is 5.91 Å². The first-order valence-corrected chi connectivity index (χ1v) is 10.6. The van der Waals surface area contributed by atoms with Crippen LogP contribution in [0.1, 0.15) is 40.2 Å². The van der Waals surface area contributed by atoms with Crippen LogP contribution in [0, 0.1) is 6.92 Å². The molecule has 1 N–H and O–H groups in total. The van der Waals surface area contributed by atoms with Crippen molar-refractivity contribution in [1.29, 1.82) is 0 Å². The molecule has 2 aliphatic heterocycles. The van der Waals surface area contributed by atoms with E-state index in [2.05, 4.69) is 9.97 Å². The van der Waals surface area contributed by atoms with Gasteiger partial charge in [-0.15, -0.1) is 0 Å². The van der Waals surface area contributed by atoms with Crippen molar-refractivity contribution in [2.75, 3.05) is 19.7 Å². The molecule has 0 radical (unpaired) electrons. The van der Waals surface area contributed by atoms with Gasteiger partial charge in [0.05, 0.1) is 24.1 Å². The first-order chi connectivity index (χ1) is 15.1. The number of amides is 1. The van der Waals surface area contributed by atoms with Gasteiger partial charge in [0.15, 0.2) is 5.82 Å². The molecule has 1 saturated heterocycles. The van der Waals surface area contributed by atoms with E-state index in [9.17, 15) is 9.90 Å². The van der Waals surface area contributed by atoms with Gasteiger partial charge in [-0.2, -0.15) is 0 Å². The van der Waals surface area contributed by atoms with Crippen LogP contribution in [0.2, 0.25) is 0 Å². The van der Waals surface area contributed by atoms with Crippen molar-refractivity contribution in [3.05, 3.63) is 71.3 Å². The van der Waals surface area contributed by atoms with Crippen LogP contribution in [0.15, 0.2) is 48.8 Å². The summed E-state index contributed by atoms with van der Waals surface area (Å²) in [6, 6.07) is 11.6. The van der Waals surface area contributed by atoms with Gasteiger partial charge in [-0.25, -0.2) is 9.97 Å². The lowest BCUT2D eigenvalue weighted by atomic mass is 9.83. The molecule has 7 nitrogen and oxygen atoms in total. The average molecular weight is 416 g/mol. The second-order valence-corrected chi connectivity index (χ2v) is 8.16. The Morgan fingerprint density at radius 1 is 1.13 bits per heavy atom. The Kier molecular flexibility index (Phi) is 4.90. The van der Waals surface area contributed by atoms with E-state index in [1.165, 1.54) is 6.20 Å². The highest BCUT2D eigenvalue weighted by molar-refractivity contribution is 5.96. The van der Waals surface area contributed by atoms with Crippen molar-refractivity contribution in [1.82, 2.24) is 19.9 Å². The number of nitrogens with zero attached hydrogens (tertiary/aromatic N) is 4. The van der Waals surface area contributed by atoms with E-state index >= 15 is 0 Å². The standard InChI is InChI=1S/C24H24N4O3/c1-16-13-19(20(29)15-25-16)23(30)28-10-8-24(9-11-28)21-18(7-12-31-24)14-26-22(27-21)17-5-3-2-4-6-17/h2-6,13-15,29H,7-12H2,1H3. The molecule has 0 bridgehead atoms. The molecule has 1 spiro atoms. The smallest absolute Gasteiger partial charge is 0.257 e. The molecule has 1 amide bonds. The minimum atomic E-state index is -0.507. The number of carbonyl (C=O) groups excluding carboxylic acids is 1. The van der Waals surface area contributed by atoms with Crippen LogP contribution < -0.4 is 0 Å². The van der Waals surface area contributed by atoms with E-state index in [1.807, 2.05) is 36.5 Å². The first kappa shape index (κ1) is 19.6. The van der Waals surface area contributed by atoms with Crippen LogP contribution in [0.5, 0.6) is 5.75 Å². The maximum Gasteiger partial charge on any atom is 0.257 e. The molecule has 0 aliphatic carbocycles. The van der Waals surface area contributed by atoms with Crippen LogP contribution in [-0.4, -0.2) is 50.6 Å². The number of fused-ring (bicyclic) bond motifs is 2. The number of piperidine rings is 1. The van der Waals surface area contributed by atoms with Crippen LogP contribution >= 0.6 is 0 Å². The third-order valence-electron chi connectivity index (χ3n) is 6.19. The molecule has 1 fully saturated rings.